The van der Waals surface area contributed by atoms with Crippen LogP contribution >= 0.6 is 0 Å². The number of rotatable bonds is 4. The van der Waals surface area contributed by atoms with Crippen LogP contribution < -0.4 is 10.5 Å². The fourth-order valence-corrected chi connectivity index (χ4v) is 1.43. The van der Waals surface area contributed by atoms with E-state index in [9.17, 15) is 4.79 Å². The molecule has 0 amide bonds. The molecule has 0 saturated heterocycles. The van der Waals surface area contributed by atoms with Gasteiger partial charge in [-0.25, -0.2) is 0 Å². The van der Waals surface area contributed by atoms with E-state index >= 15 is 0 Å². The summed E-state index contributed by atoms with van der Waals surface area (Å²) in [5.74, 6) is 0.160. The molecule has 0 spiro atoms. The van der Waals surface area contributed by atoms with Crippen molar-refractivity contribution in [1.82, 2.24) is 4.98 Å². The molecule has 3 N–H and O–H groups in total. The first-order valence-corrected chi connectivity index (χ1v) is 5.33. The van der Waals surface area contributed by atoms with Gasteiger partial charge in [-0.05, 0) is 29.8 Å². The molecule has 0 unspecified atom stereocenters. The lowest BCUT2D eigenvalue weighted by atomic mass is 10.1. The molecule has 0 aliphatic rings. The molecule has 5 heteroatoms. The third kappa shape index (κ3) is 2.83. The van der Waals surface area contributed by atoms with E-state index in [1.54, 1.807) is 48.8 Å². The third-order valence-electron chi connectivity index (χ3n) is 2.38. The quantitative estimate of drug-likeness (QED) is 0.858. The van der Waals surface area contributed by atoms with E-state index in [-0.39, 0.29) is 0 Å². The van der Waals surface area contributed by atoms with Gasteiger partial charge in [-0.15, -0.1) is 0 Å². The Morgan fingerprint density at radius 1 is 1.22 bits per heavy atom. The molecule has 0 radical (unpaired) electrons. The number of nitrogens with two attached hydrogens (primary N) is 1. The average molecular weight is 244 g/mol. The van der Waals surface area contributed by atoms with Gasteiger partial charge in [-0.1, -0.05) is 12.1 Å². The highest BCUT2D eigenvalue weighted by Crippen LogP contribution is 2.22. The van der Waals surface area contributed by atoms with E-state index in [2.05, 4.69) is 4.98 Å². The second kappa shape index (κ2) is 5.29. The van der Waals surface area contributed by atoms with Gasteiger partial charge in [0.25, 0.3) is 0 Å². The number of carbonyl (C=O) groups is 1. The molecule has 0 aliphatic heterocycles. The highest BCUT2D eigenvalue weighted by Gasteiger charge is 2.13. The van der Waals surface area contributed by atoms with E-state index in [4.69, 9.17) is 15.6 Å². The molecular weight excluding hydrogens is 232 g/mol. The summed E-state index contributed by atoms with van der Waals surface area (Å²) in [6.45, 7) is 0. The molecule has 1 aromatic carbocycles. The standard InChI is InChI=1S/C13H12N2O3/c14-12(13(16)17)9-3-5-10(6-4-9)18-11-2-1-7-15-8-11/h1-8,12H,14H2,(H,16,17)/t12-/m0/s1. The van der Waals surface area contributed by atoms with Gasteiger partial charge in [0.05, 0.1) is 6.20 Å². The van der Waals surface area contributed by atoms with Crippen molar-refractivity contribution in [3.8, 4) is 11.5 Å². The number of ether oxygens (including phenoxy) is 1. The maximum Gasteiger partial charge on any atom is 0.325 e. The number of carboxylic acids is 1. The minimum Gasteiger partial charge on any atom is -0.480 e. The van der Waals surface area contributed by atoms with Crippen LogP contribution in [0.4, 0.5) is 0 Å². The predicted molar refractivity (Wildman–Crippen MR) is 65.3 cm³/mol. The zero-order valence-corrected chi connectivity index (χ0v) is 9.48. The zero-order valence-electron chi connectivity index (χ0n) is 9.48. The third-order valence-corrected chi connectivity index (χ3v) is 2.38. The summed E-state index contributed by atoms with van der Waals surface area (Å²) in [4.78, 5) is 14.6. The second-order valence-electron chi connectivity index (χ2n) is 3.68. The van der Waals surface area contributed by atoms with Crippen LogP contribution in [-0.2, 0) is 4.79 Å². The molecular formula is C13H12N2O3. The molecule has 18 heavy (non-hydrogen) atoms. The predicted octanol–water partition coefficient (Wildman–Crippen LogP) is 1.96. The number of hydrogen-bond donors (Lipinski definition) is 2. The first-order valence-electron chi connectivity index (χ1n) is 5.33. The first kappa shape index (κ1) is 12.1. The number of carboxylic acid groups (broad SMARTS) is 1. The van der Waals surface area contributed by atoms with Crippen molar-refractivity contribution < 1.29 is 14.6 Å². The Morgan fingerprint density at radius 3 is 2.50 bits per heavy atom. The molecule has 92 valence electrons. The summed E-state index contributed by atoms with van der Waals surface area (Å²) < 4.78 is 5.52. The Hall–Kier alpha value is -2.40. The van der Waals surface area contributed by atoms with Gasteiger partial charge < -0.3 is 15.6 Å². The highest BCUT2D eigenvalue weighted by atomic mass is 16.5. The minimum absolute atomic E-state index is 0.529. The van der Waals surface area contributed by atoms with Gasteiger partial charge in [0.15, 0.2) is 0 Å². The van der Waals surface area contributed by atoms with E-state index in [1.807, 2.05) is 0 Å². The van der Waals surface area contributed by atoms with Crippen LogP contribution in [0.25, 0.3) is 0 Å². The highest BCUT2D eigenvalue weighted by molar-refractivity contribution is 5.75. The van der Waals surface area contributed by atoms with Gasteiger partial charge in [0.1, 0.15) is 17.5 Å². The zero-order chi connectivity index (χ0) is 13.0. The summed E-state index contributed by atoms with van der Waals surface area (Å²) in [5.41, 5.74) is 6.02. The molecule has 1 aromatic heterocycles. The van der Waals surface area contributed by atoms with Crippen molar-refractivity contribution >= 4 is 5.97 Å². The SMILES string of the molecule is N[C@H](C(=O)O)c1ccc(Oc2cccnc2)cc1. The molecule has 1 atom stereocenters. The fraction of sp³-hybridized carbons (Fsp3) is 0.0769. The lowest BCUT2D eigenvalue weighted by Gasteiger charge is -2.08. The number of aliphatic carboxylic acids is 1. The Bertz CT molecular complexity index is 526. The van der Waals surface area contributed by atoms with Crippen molar-refractivity contribution in [2.75, 3.05) is 0 Å². The molecule has 1 heterocycles. The topological polar surface area (TPSA) is 85.4 Å². The van der Waals surface area contributed by atoms with Gasteiger partial charge in [0, 0.05) is 6.20 Å². The maximum absolute atomic E-state index is 10.7. The number of aromatic nitrogens is 1. The monoisotopic (exact) mass is 244 g/mol. The van der Waals surface area contributed by atoms with Gasteiger partial charge >= 0.3 is 5.97 Å². The smallest absolute Gasteiger partial charge is 0.325 e. The molecule has 5 nitrogen and oxygen atoms in total. The van der Waals surface area contributed by atoms with E-state index in [0.29, 0.717) is 17.1 Å². The Morgan fingerprint density at radius 2 is 1.94 bits per heavy atom. The molecule has 0 aliphatic carbocycles. The first-order chi connectivity index (χ1) is 8.66. The number of nitrogens with zero attached hydrogens (tertiary/aromatic N) is 1. The van der Waals surface area contributed by atoms with Gasteiger partial charge in [-0.2, -0.15) is 0 Å². The summed E-state index contributed by atoms with van der Waals surface area (Å²) in [5, 5.41) is 8.78. The molecule has 0 bridgehead atoms. The molecule has 0 fully saturated rings. The van der Waals surface area contributed by atoms with Crippen LogP contribution in [0.5, 0.6) is 11.5 Å². The minimum atomic E-state index is -1.06. The summed E-state index contributed by atoms with van der Waals surface area (Å²) in [6.07, 6.45) is 3.25. The van der Waals surface area contributed by atoms with Crippen LogP contribution in [0.2, 0.25) is 0 Å². The van der Waals surface area contributed by atoms with Crippen LogP contribution in [-0.4, -0.2) is 16.1 Å². The van der Waals surface area contributed by atoms with Crippen LogP contribution in [0.3, 0.4) is 0 Å². The number of pyridine rings is 1. The normalized spacial score (nSPS) is 11.8. The van der Waals surface area contributed by atoms with Crippen molar-refractivity contribution in [2.45, 2.75) is 6.04 Å². The Balaban J connectivity index is 2.11. The number of hydrogen-bond acceptors (Lipinski definition) is 4. The van der Waals surface area contributed by atoms with E-state index in [1.165, 1.54) is 0 Å². The van der Waals surface area contributed by atoms with Crippen LogP contribution in [0.1, 0.15) is 11.6 Å². The molecule has 2 rings (SSSR count). The maximum atomic E-state index is 10.7. The van der Waals surface area contributed by atoms with Crippen molar-refractivity contribution in [2.24, 2.45) is 5.73 Å². The van der Waals surface area contributed by atoms with Crippen molar-refractivity contribution in [1.29, 1.82) is 0 Å². The lowest BCUT2D eigenvalue weighted by molar-refractivity contribution is -0.138. The van der Waals surface area contributed by atoms with E-state index < -0.39 is 12.0 Å². The fourth-order valence-electron chi connectivity index (χ4n) is 1.43. The van der Waals surface area contributed by atoms with Crippen LogP contribution in [0.15, 0.2) is 48.8 Å². The second-order valence-corrected chi connectivity index (χ2v) is 3.68. The van der Waals surface area contributed by atoms with Crippen molar-refractivity contribution in [3.63, 3.8) is 0 Å². The number of benzene rings is 1. The molecule has 2 aromatic rings. The molecule has 0 saturated carbocycles. The van der Waals surface area contributed by atoms with Crippen LogP contribution in [0, 0.1) is 0 Å². The Labute approximate surface area is 104 Å². The summed E-state index contributed by atoms with van der Waals surface area (Å²) in [6, 6.07) is 9.14. The Kier molecular flexibility index (Phi) is 3.54. The van der Waals surface area contributed by atoms with E-state index in [0.717, 1.165) is 0 Å². The summed E-state index contributed by atoms with van der Waals surface area (Å²) >= 11 is 0. The largest absolute Gasteiger partial charge is 0.480 e. The lowest BCUT2D eigenvalue weighted by Crippen LogP contribution is -2.20. The van der Waals surface area contributed by atoms with Gasteiger partial charge in [0.2, 0.25) is 0 Å². The summed E-state index contributed by atoms with van der Waals surface area (Å²) in [7, 11) is 0. The average Bonchev–Trinajstić information content (AvgIpc) is 2.40. The van der Waals surface area contributed by atoms with Gasteiger partial charge in [-0.3, -0.25) is 9.78 Å². The van der Waals surface area contributed by atoms with Crippen molar-refractivity contribution in [3.05, 3.63) is 54.4 Å².